The number of ether oxygens (including phenoxy) is 3. The van der Waals surface area contributed by atoms with Gasteiger partial charge in [0.25, 0.3) is 11.5 Å². The van der Waals surface area contributed by atoms with Crippen LogP contribution < -0.4 is 25.2 Å². The molecule has 3 rings (SSSR count). The molecule has 0 unspecified atom stereocenters. The van der Waals surface area contributed by atoms with Gasteiger partial charge in [-0.2, -0.15) is 18.3 Å². The number of nitrogens with one attached hydrogen (secondary N) is 1. The number of carbonyl (C=O) groups is 2. The Morgan fingerprint density at radius 3 is 2.60 bits per heavy atom. The lowest BCUT2D eigenvalue weighted by molar-refractivity contribution is -0.139. The number of halogens is 3. The van der Waals surface area contributed by atoms with Crippen LogP contribution in [0.4, 0.5) is 23.7 Å². The number of alkyl halides is 3. The van der Waals surface area contributed by atoms with E-state index in [0.717, 1.165) is 6.20 Å². The van der Waals surface area contributed by atoms with Gasteiger partial charge in [-0.25, -0.2) is 9.48 Å². The monoisotopic (exact) mass is 498 g/mol. The van der Waals surface area contributed by atoms with Crippen LogP contribution in [0.15, 0.2) is 35.3 Å². The highest BCUT2D eigenvalue weighted by Gasteiger charge is 2.35. The Bertz CT molecular complexity index is 1160. The van der Waals surface area contributed by atoms with Crippen molar-refractivity contribution >= 4 is 17.7 Å². The molecule has 0 fully saturated rings. The van der Waals surface area contributed by atoms with Gasteiger partial charge in [0.1, 0.15) is 41.9 Å². The number of alkyl carbamates (subject to hydrolysis) is 1. The van der Waals surface area contributed by atoms with Gasteiger partial charge in [0.2, 0.25) is 0 Å². The minimum absolute atomic E-state index is 0.125. The summed E-state index contributed by atoms with van der Waals surface area (Å²) in [6.45, 7) is 4.57. The third-order valence-electron chi connectivity index (χ3n) is 4.81. The number of benzene rings is 1. The van der Waals surface area contributed by atoms with Gasteiger partial charge in [-0.15, -0.1) is 0 Å². The van der Waals surface area contributed by atoms with Crippen LogP contribution in [0.25, 0.3) is 0 Å². The summed E-state index contributed by atoms with van der Waals surface area (Å²) < 4.78 is 55.8. The average Bonchev–Trinajstić information content (AvgIpc) is 2.85. The summed E-state index contributed by atoms with van der Waals surface area (Å²) in [6.07, 6.45) is -4.65. The molecule has 0 saturated heterocycles. The molecule has 1 N–H and O–H groups in total. The maximum absolute atomic E-state index is 12.9. The number of anilines is 1. The third kappa shape index (κ3) is 6.43. The highest BCUT2D eigenvalue weighted by molar-refractivity contribution is 6.00. The predicted octanol–water partition coefficient (Wildman–Crippen LogP) is 2.59. The van der Waals surface area contributed by atoms with Gasteiger partial charge in [-0.1, -0.05) is 0 Å². The molecular weight excluding hydrogens is 473 g/mol. The van der Waals surface area contributed by atoms with Gasteiger partial charge in [0.05, 0.1) is 12.2 Å². The highest BCUT2D eigenvalue weighted by Crippen LogP contribution is 2.34. The Kier molecular flexibility index (Phi) is 7.27. The molecule has 1 aliphatic heterocycles. The summed E-state index contributed by atoms with van der Waals surface area (Å²) >= 11 is 0. The van der Waals surface area contributed by atoms with Crippen molar-refractivity contribution in [3.8, 4) is 11.5 Å². The van der Waals surface area contributed by atoms with Gasteiger partial charge in [-0.05, 0) is 39.0 Å². The second-order valence-electron chi connectivity index (χ2n) is 8.66. The number of amides is 2. The maximum atomic E-state index is 12.9. The first-order valence-electron chi connectivity index (χ1n) is 10.6. The number of rotatable bonds is 5. The lowest BCUT2D eigenvalue weighted by atomic mass is 10.2. The molecule has 2 amide bonds. The van der Waals surface area contributed by atoms with Crippen molar-refractivity contribution in [1.29, 1.82) is 0 Å². The number of hydrogen-bond acceptors (Lipinski definition) is 7. The van der Waals surface area contributed by atoms with Crippen LogP contribution in [0.5, 0.6) is 11.5 Å². The van der Waals surface area contributed by atoms with E-state index in [9.17, 15) is 27.6 Å². The zero-order chi connectivity index (χ0) is 26.0. The molecule has 2 aromatic rings. The largest absolute Gasteiger partial charge is 0.492 e. The van der Waals surface area contributed by atoms with Crippen LogP contribution in [0.1, 0.15) is 26.3 Å². The number of likely N-dealkylation sites (N-methyl/N-ethyl adjacent to an activating group) is 1. The molecule has 2 heterocycles. The molecule has 0 bridgehead atoms. The summed E-state index contributed by atoms with van der Waals surface area (Å²) in [5, 5.41) is 6.14. The molecule has 190 valence electrons. The second-order valence-corrected chi connectivity index (χ2v) is 8.66. The Balaban J connectivity index is 1.67. The lowest BCUT2D eigenvalue weighted by Gasteiger charge is -2.23. The molecule has 1 atom stereocenters. The topological polar surface area (TPSA) is 112 Å². The smallest absolute Gasteiger partial charge is 0.421 e. The summed E-state index contributed by atoms with van der Waals surface area (Å²) in [7, 11) is 1.50. The van der Waals surface area contributed by atoms with Crippen LogP contribution in [-0.2, 0) is 22.3 Å². The maximum Gasteiger partial charge on any atom is 0.421 e. The van der Waals surface area contributed by atoms with E-state index in [1.807, 2.05) is 0 Å². The zero-order valence-corrected chi connectivity index (χ0v) is 19.5. The van der Waals surface area contributed by atoms with E-state index < -0.39 is 40.9 Å². The van der Waals surface area contributed by atoms with Gasteiger partial charge >= 0.3 is 12.3 Å². The van der Waals surface area contributed by atoms with Crippen molar-refractivity contribution in [1.82, 2.24) is 15.1 Å². The molecule has 10 nitrogen and oxygen atoms in total. The normalized spacial score (nSPS) is 16.1. The van der Waals surface area contributed by atoms with E-state index in [-0.39, 0.29) is 25.5 Å². The van der Waals surface area contributed by atoms with Crippen LogP contribution in [0.3, 0.4) is 0 Å². The van der Waals surface area contributed by atoms with E-state index in [2.05, 4.69) is 10.4 Å². The lowest BCUT2D eigenvalue weighted by Crippen LogP contribution is -2.50. The fraction of sp³-hybridized carbons (Fsp3) is 0.455. The Hall–Kier alpha value is -3.77. The Morgan fingerprint density at radius 2 is 1.94 bits per heavy atom. The van der Waals surface area contributed by atoms with E-state index in [1.165, 1.54) is 18.0 Å². The summed E-state index contributed by atoms with van der Waals surface area (Å²) in [5.41, 5.74) is -2.97. The van der Waals surface area contributed by atoms with Crippen LogP contribution >= 0.6 is 0 Å². The van der Waals surface area contributed by atoms with Crippen molar-refractivity contribution < 1.29 is 37.0 Å². The first-order chi connectivity index (χ1) is 16.3. The molecular formula is C22H25F3N4O6. The first-order valence-corrected chi connectivity index (χ1v) is 10.6. The summed E-state index contributed by atoms with van der Waals surface area (Å²) in [5.74, 6) is 0.189. The van der Waals surface area contributed by atoms with Crippen molar-refractivity contribution in [3.63, 3.8) is 0 Å². The van der Waals surface area contributed by atoms with Crippen LogP contribution in [-0.4, -0.2) is 53.7 Å². The van der Waals surface area contributed by atoms with E-state index in [4.69, 9.17) is 14.2 Å². The molecule has 0 spiro atoms. The SMILES string of the molecule is CN1C(=O)[C@@H](NC(=O)OC(C)(C)C)COc2ccc(OCCn3nccc(C(F)(F)F)c3=O)cc21. The molecule has 0 saturated carbocycles. The molecule has 0 radical (unpaired) electrons. The molecule has 1 aromatic carbocycles. The van der Waals surface area contributed by atoms with Crippen molar-refractivity contribution in [3.05, 3.63) is 46.4 Å². The summed E-state index contributed by atoms with van der Waals surface area (Å²) in [6, 6.07) is 4.22. The van der Waals surface area contributed by atoms with E-state index in [1.54, 1.807) is 32.9 Å². The number of hydrogen-bond donors (Lipinski definition) is 1. The predicted molar refractivity (Wildman–Crippen MR) is 117 cm³/mol. The molecule has 1 aliphatic rings. The highest BCUT2D eigenvalue weighted by atomic mass is 19.4. The van der Waals surface area contributed by atoms with Gasteiger partial charge < -0.3 is 24.4 Å². The van der Waals surface area contributed by atoms with Crippen molar-refractivity contribution in [2.75, 3.05) is 25.2 Å². The molecule has 35 heavy (non-hydrogen) atoms. The van der Waals surface area contributed by atoms with E-state index >= 15 is 0 Å². The second kappa shape index (κ2) is 9.84. The standard InChI is InChI=1S/C22H25F3N4O6/c1-21(2,3)35-20(32)27-15-12-34-17-6-5-13(11-16(17)28(4)19(15)31)33-10-9-29-18(30)14(7-8-26-29)22(23,24)25/h5-8,11,15H,9-10,12H2,1-4H3,(H,27,32)/t15-/m0/s1. The Labute approximate surface area is 198 Å². The zero-order valence-electron chi connectivity index (χ0n) is 19.5. The molecule has 1 aromatic heterocycles. The summed E-state index contributed by atoms with van der Waals surface area (Å²) in [4.78, 5) is 38.2. The first kappa shape index (κ1) is 25.8. The minimum Gasteiger partial charge on any atom is -0.492 e. The number of nitrogens with zero attached hydrogens (tertiary/aromatic N) is 3. The van der Waals surface area contributed by atoms with E-state index in [0.29, 0.717) is 22.2 Å². The fourth-order valence-electron chi connectivity index (χ4n) is 3.20. The van der Waals surface area contributed by atoms with Gasteiger partial charge in [-0.3, -0.25) is 9.59 Å². The number of aromatic nitrogens is 2. The number of carbonyl (C=O) groups excluding carboxylic acids is 2. The van der Waals surface area contributed by atoms with Crippen LogP contribution in [0.2, 0.25) is 0 Å². The van der Waals surface area contributed by atoms with Gasteiger partial charge in [0, 0.05) is 19.3 Å². The quantitative estimate of drug-likeness (QED) is 0.675. The Morgan fingerprint density at radius 1 is 1.23 bits per heavy atom. The average molecular weight is 498 g/mol. The molecule has 0 aliphatic carbocycles. The minimum atomic E-state index is -4.78. The third-order valence-corrected chi connectivity index (χ3v) is 4.81. The van der Waals surface area contributed by atoms with Crippen molar-refractivity contribution in [2.45, 2.75) is 45.1 Å². The van der Waals surface area contributed by atoms with Gasteiger partial charge in [0.15, 0.2) is 0 Å². The fourth-order valence-corrected chi connectivity index (χ4v) is 3.20. The van der Waals surface area contributed by atoms with Crippen molar-refractivity contribution in [2.24, 2.45) is 0 Å². The number of fused-ring (bicyclic) bond motifs is 1. The van der Waals surface area contributed by atoms with Crippen LogP contribution in [0, 0.1) is 0 Å². The molecule has 13 heteroatoms.